The van der Waals surface area contributed by atoms with E-state index in [-0.39, 0.29) is 24.2 Å². The summed E-state index contributed by atoms with van der Waals surface area (Å²) in [6, 6.07) is 15.7. The predicted molar refractivity (Wildman–Crippen MR) is 153 cm³/mol. The molecule has 2 aromatic carbocycles. The van der Waals surface area contributed by atoms with E-state index in [9.17, 15) is 9.59 Å². The number of nitrogens with zero attached hydrogens (tertiary/aromatic N) is 3. The molecule has 0 aromatic heterocycles. The number of hydrogen-bond donors (Lipinski definition) is 1. The minimum absolute atomic E-state index is 0.0183. The maximum absolute atomic E-state index is 12.9. The van der Waals surface area contributed by atoms with Crippen LogP contribution in [0.2, 0.25) is 0 Å². The molecule has 0 aliphatic rings. The van der Waals surface area contributed by atoms with E-state index in [2.05, 4.69) is 29.0 Å². The first kappa shape index (κ1) is 31.1. The van der Waals surface area contributed by atoms with E-state index >= 15 is 0 Å². The summed E-state index contributed by atoms with van der Waals surface area (Å²) in [6.07, 6.45) is 1.65. The number of rotatable bonds is 13. The predicted octanol–water partition coefficient (Wildman–Crippen LogP) is 6.10. The van der Waals surface area contributed by atoms with Gasteiger partial charge in [0.05, 0.1) is 0 Å². The van der Waals surface area contributed by atoms with Crippen molar-refractivity contribution in [3.63, 3.8) is 0 Å². The zero-order valence-corrected chi connectivity index (χ0v) is 24.4. The number of unbranched alkanes of at least 4 members (excludes halogenated alkanes) is 1. The molecule has 0 saturated carbocycles. The van der Waals surface area contributed by atoms with Crippen molar-refractivity contribution in [2.45, 2.75) is 65.1 Å². The van der Waals surface area contributed by atoms with E-state index in [4.69, 9.17) is 9.47 Å². The first-order valence-electron chi connectivity index (χ1n) is 13.5. The highest BCUT2D eigenvalue weighted by Gasteiger charge is 2.21. The molecule has 0 fully saturated rings. The summed E-state index contributed by atoms with van der Waals surface area (Å²) < 4.78 is 11.2. The van der Waals surface area contributed by atoms with Gasteiger partial charge in [0.25, 0.3) is 0 Å². The Morgan fingerprint density at radius 3 is 1.84 bits per heavy atom. The molecule has 38 heavy (non-hydrogen) atoms. The number of benzene rings is 2. The molecule has 3 atom stereocenters. The molecule has 0 aliphatic heterocycles. The van der Waals surface area contributed by atoms with Crippen LogP contribution in [0.15, 0.2) is 48.5 Å². The molecule has 0 bridgehead atoms. The van der Waals surface area contributed by atoms with Crippen molar-refractivity contribution in [2.75, 3.05) is 41.3 Å². The lowest BCUT2D eigenvalue weighted by atomic mass is 10.1. The summed E-state index contributed by atoms with van der Waals surface area (Å²) in [4.78, 5) is 31.1. The Bertz CT molecular complexity index is 1030. The van der Waals surface area contributed by atoms with Crippen LogP contribution in [0.1, 0.15) is 70.2 Å². The quantitative estimate of drug-likeness (QED) is 0.318. The van der Waals surface area contributed by atoms with Gasteiger partial charge in [-0.05, 0) is 111 Å². The van der Waals surface area contributed by atoms with Crippen molar-refractivity contribution < 1.29 is 19.1 Å². The van der Waals surface area contributed by atoms with Gasteiger partial charge in [-0.25, -0.2) is 9.59 Å². The third-order valence-corrected chi connectivity index (χ3v) is 7.07. The lowest BCUT2D eigenvalue weighted by molar-refractivity contribution is 0.135. The van der Waals surface area contributed by atoms with Crippen LogP contribution >= 0.6 is 0 Å². The average molecular weight is 527 g/mol. The summed E-state index contributed by atoms with van der Waals surface area (Å²) in [6.45, 7) is 9.26. The minimum atomic E-state index is -0.461. The van der Waals surface area contributed by atoms with Gasteiger partial charge in [-0.3, -0.25) is 0 Å². The van der Waals surface area contributed by atoms with Crippen molar-refractivity contribution >= 4 is 12.2 Å². The Morgan fingerprint density at radius 2 is 1.34 bits per heavy atom. The van der Waals surface area contributed by atoms with Crippen LogP contribution in [-0.2, 0) is 0 Å². The van der Waals surface area contributed by atoms with Gasteiger partial charge in [-0.15, -0.1) is 0 Å². The normalized spacial score (nSPS) is 13.6. The van der Waals surface area contributed by atoms with Crippen molar-refractivity contribution in [1.82, 2.24) is 20.0 Å². The van der Waals surface area contributed by atoms with Crippen LogP contribution < -0.4 is 14.8 Å². The van der Waals surface area contributed by atoms with E-state index in [1.54, 1.807) is 11.0 Å². The van der Waals surface area contributed by atoms with E-state index in [1.165, 1.54) is 0 Å². The molecule has 2 aromatic rings. The maximum atomic E-state index is 12.9. The topological polar surface area (TPSA) is 74.3 Å². The molecule has 2 rings (SSSR count). The largest absolute Gasteiger partial charge is 0.415 e. The second-order valence-electron chi connectivity index (χ2n) is 10.2. The Morgan fingerprint density at radius 1 is 0.816 bits per heavy atom. The Kier molecular flexibility index (Phi) is 12.6. The molecular weight excluding hydrogens is 480 g/mol. The standard InChI is InChI=1S/C30H46N4O4/c1-9-34(30(36)38-28-18-13-16-26(21-28)24(4)33(7)8)22(2)14-10-11-19-31-29(35)37-27-17-12-15-25(20-27)23(3)32(5)6/h12-13,15-18,20-24H,9-11,14,19H2,1-8H3,(H,31,35). The van der Waals surface area contributed by atoms with Gasteiger partial charge in [0.2, 0.25) is 0 Å². The first-order valence-corrected chi connectivity index (χ1v) is 13.5. The average Bonchev–Trinajstić information content (AvgIpc) is 2.88. The van der Waals surface area contributed by atoms with Crippen molar-refractivity contribution in [3.05, 3.63) is 59.7 Å². The van der Waals surface area contributed by atoms with E-state index < -0.39 is 6.09 Å². The van der Waals surface area contributed by atoms with Gasteiger partial charge in [0.15, 0.2) is 0 Å². The first-order chi connectivity index (χ1) is 18.0. The van der Waals surface area contributed by atoms with Crippen molar-refractivity contribution in [3.8, 4) is 11.5 Å². The molecule has 8 nitrogen and oxygen atoms in total. The number of hydrogen-bond acceptors (Lipinski definition) is 6. The number of carbonyl (C=O) groups excluding carboxylic acids is 2. The summed E-state index contributed by atoms with van der Waals surface area (Å²) in [5.74, 6) is 1.08. The van der Waals surface area contributed by atoms with Gasteiger partial charge >= 0.3 is 12.2 Å². The van der Waals surface area contributed by atoms with Crippen LogP contribution in [0.3, 0.4) is 0 Å². The molecule has 0 saturated heterocycles. The SMILES string of the molecule is CCN(C(=O)Oc1cccc(C(C)N(C)C)c1)C(C)CCCCNC(=O)Oc1cccc(C(C)N(C)C)c1. The summed E-state index contributed by atoms with van der Waals surface area (Å²) >= 11 is 0. The number of amides is 2. The van der Waals surface area contributed by atoms with Crippen LogP contribution in [0, 0.1) is 0 Å². The van der Waals surface area contributed by atoms with E-state index in [0.29, 0.717) is 24.6 Å². The fraction of sp³-hybridized carbons (Fsp3) is 0.533. The van der Waals surface area contributed by atoms with Crippen LogP contribution in [-0.4, -0.2) is 74.2 Å². The maximum Gasteiger partial charge on any atom is 0.415 e. The summed E-state index contributed by atoms with van der Waals surface area (Å²) in [7, 11) is 8.07. The zero-order valence-electron chi connectivity index (χ0n) is 24.4. The molecule has 3 unspecified atom stereocenters. The number of nitrogens with one attached hydrogen (secondary N) is 1. The number of carbonyl (C=O) groups is 2. The monoisotopic (exact) mass is 526 g/mol. The Hall–Kier alpha value is -3.10. The highest BCUT2D eigenvalue weighted by molar-refractivity contribution is 5.71. The van der Waals surface area contributed by atoms with Crippen LogP contribution in [0.4, 0.5) is 9.59 Å². The van der Waals surface area contributed by atoms with Crippen molar-refractivity contribution in [1.29, 1.82) is 0 Å². The molecule has 0 spiro atoms. The molecule has 1 N–H and O–H groups in total. The third-order valence-electron chi connectivity index (χ3n) is 7.07. The molecule has 210 valence electrons. The Labute approximate surface area is 228 Å². The molecular formula is C30H46N4O4. The second kappa shape index (κ2) is 15.3. The van der Waals surface area contributed by atoms with E-state index in [0.717, 1.165) is 30.4 Å². The van der Waals surface area contributed by atoms with E-state index in [1.807, 2.05) is 84.5 Å². The van der Waals surface area contributed by atoms with Gasteiger partial charge < -0.3 is 29.5 Å². The molecule has 8 heteroatoms. The van der Waals surface area contributed by atoms with Gasteiger partial charge in [0, 0.05) is 31.2 Å². The summed E-state index contributed by atoms with van der Waals surface area (Å²) in [5.41, 5.74) is 2.18. The molecule has 2 amide bonds. The molecule has 0 radical (unpaired) electrons. The van der Waals surface area contributed by atoms with Crippen LogP contribution in [0.5, 0.6) is 11.5 Å². The molecule has 0 heterocycles. The smallest absolute Gasteiger partial charge is 0.410 e. The third kappa shape index (κ3) is 9.65. The zero-order chi connectivity index (χ0) is 28.2. The van der Waals surface area contributed by atoms with Gasteiger partial charge in [-0.1, -0.05) is 24.3 Å². The fourth-order valence-corrected chi connectivity index (χ4v) is 4.11. The minimum Gasteiger partial charge on any atom is -0.410 e. The fourth-order valence-electron chi connectivity index (χ4n) is 4.11. The summed E-state index contributed by atoms with van der Waals surface area (Å²) in [5, 5.41) is 2.82. The second-order valence-corrected chi connectivity index (χ2v) is 10.2. The lowest BCUT2D eigenvalue weighted by Crippen LogP contribution is -2.40. The van der Waals surface area contributed by atoms with Gasteiger partial charge in [-0.2, -0.15) is 0 Å². The molecule has 0 aliphatic carbocycles. The lowest BCUT2D eigenvalue weighted by Gasteiger charge is -2.27. The highest BCUT2D eigenvalue weighted by Crippen LogP contribution is 2.24. The number of ether oxygens (including phenoxy) is 2. The highest BCUT2D eigenvalue weighted by atomic mass is 16.6. The van der Waals surface area contributed by atoms with Crippen molar-refractivity contribution in [2.24, 2.45) is 0 Å². The Balaban J connectivity index is 1.76. The van der Waals surface area contributed by atoms with Crippen LogP contribution in [0.25, 0.3) is 0 Å². The van der Waals surface area contributed by atoms with Gasteiger partial charge in [0.1, 0.15) is 11.5 Å².